The Balaban J connectivity index is 0.000000286. The molecule has 1 unspecified atom stereocenters. The van der Waals surface area contributed by atoms with E-state index in [1.165, 1.54) is 30.0 Å². The van der Waals surface area contributed by atoms with Gasteiger partial charge in [0, 0.05) is 41.2 Å². The van der Waals surface area contributed by atoms with Crippen molar-refractivity contribution in [3.05, 3.63) is 52.0 Å². The van der Waals surface area contributed by atoms with E-state index in [1.54, 1.807) is 0 Å². The summed E-state index contributed by atoms with van der Waals surface area (Å²) in [5.74, 6) is -4.39. The summed E-state index contributed by atoms with van der Waals surface area (Å²) in [6, 6.07) is 8.22. The van der Waals surface area contributed by atoms with E-state index < -0.39 is 24.3 Å². The number of rotatable bonds is 5. The van der Waals surface area contributed by atoms with Crippen LogP contribution in [-0.4, -0.2) is 74.1 Å². The number of aryl methyl sites for hydroxylation is 1. The van der Waals surface area contributed by atoms with Crippen molar-refractivity contribution in [1.82, 2.24) is 9.88 Å². The Morgan fingerprint density at radius 3 is 2.16 bits per heavy atom. The second-order valence-corrected chi connectivity index (χ2v) is 10.7. The molecule has 7 nitrogen and oxygen atoms in total. The van der Waals surface area contributed by atoms with Crippen molar-refractivity contribution in [2.45, 2.75) is 49.7 Å². The lowest BCUT2D eigenvalue weighted by Gasteiger charge is -2.47. The van der Waals surface area contributed by atoms with Gasteiger partial charge in [0.25, 0.3) is 0 Å². The highest BCUT2D eigenvalue weighted by molar-refractivity contribution is 8.01. The molecule has 37 heavy (non-hydrogen) atoms. The number of hydrogen-bond donors (Lipinski definition) is 2. The topological polar surface area (TPSA) is 100.0 Å². The summed E-state index contributed by atoms with van der Waals surface area (Å²) in [5.41, 5.74) is 2.47. The molecule has 0 aromatic carbocycles. The van der Waals surface area contributed by atoms with Crippen molar-refractivity contribution in [3.63, 3.8) is 0 Å². The lowest BCUT2D eigenvalue weighted by atomic mass is 9.93. The van der Waals surface area contributed by atoms with E-state index in [4.69, 9.17) is 24.5 Å². The van der Waals surface area contributed by atoms with Gasteiger partial charge >= 0.3 is 24.3 Å². The molecule has 2 aliphatic heterocycles. The molecule has 0 bridgehead atoms. The SMILES string of the molecule is Cc1ccsc1CN1CC2(CC(OCc3ccccn3)CS2)C1.O=C(O)C(F)(F)F.O=C(O)C(F)(F)F. The standard InChI is InChI=1S/C18H22N2OS2.2C2HF3O2/c1-14-5-7-22-17(14)9-20-12-18(13-20)8-16(11-23-18)21-10-15-4-2-3-6-19-15;2*3-2(4,5)1(6)7/h2-7,16H,8-13H2,1H3;2*(H,6,7). The lowest BCUT2D eigenvalue weighted by molar-refractivity contribution is -0.193. The van der Waals surface area contributed by atoms with E-state index >= 15 is 0 Å². The Hall–Kier alpha value is -2.36. The van der Waals surface area contributed by atoms with Crippen LogP contribution in [0.15, 0.2) is 35.8 Å². The first-order valence-electron chi connectivity index (χ1n) is 10.6. The Morgan fingerprint density at radius 1 is 1.11 bits per heavy atom. The van der Waals surface area contributed by atoms with Crippen LogP contribution in [0, 0.1) is 6.92 Å². The molecule has 2 aromatic rings. The van der Waals surface area contributed by atoms with Gasteiger partial charge in [-0.2, -0.15) is 26.3 Å². The van der Waals surface area contributed by atoms with Gasteiger partial charge in [0.05, 0.1) is 18.4 Å². The molecule has 2 N–H and O–H groups in total. The number of carboxylic acid groups (broad SMARTS) is 2. The Labute approximate surface area is 216 Å². The monoisotopic (exact) mass is 574 g/mol. The summed E-state index contributed by atoms with van der Waals surface area (Å²) in [6.07, 6.45) is -6.77. The maximum atomic E-state index is 10.6. The largest absolute Gasteiger partial charge is 0.490 e. The molecule has 0 saturated carbocycles. The van der Waals surface area contributed by atoms with E-state index in [0.717, 1.165) is 18.0 Å². The predicted octanol–water partition coefficient (Wildman–Crippen LogP) is 4.99. The van der Waals surface area contributed by atoms with Crippen molar-refractivity contribution in [1.29, 1.82) is 0 Å². The number of thioether (sulfide) groups is 1. The zero-order valence-electron chi connectivity index (χ0n) is 19.4. The van der Waals surface area contributed by atoms with Crippen molar-refractivity contribution in [2.24, 2.45) is 0 Å². The second kappa shape index (κ2) is 12.9. The highest BCUT2D eigenvalue weighted by Crippen LogP contribution is 2.46. The number of pyridine rings is 1. The number of aromatic nitrogens is 1. The molecule has 2 saturated heterocycles. The fraction of sp³-hybridized carbons (Fsp3) is 0.500. The molecule has 2 fully saturated rings. The Kier molecular flexibility index (Phi) is 10.8. The van der Waals surface area contributed by atoms with Crippen LogP contribution in [0.4, 0.5) is 26.3 Å². The number of aliphatic carboxylic acids is 2. The molecule has 2 aromatic heterocycles. The van der Waals surface area contributed by atoms with E-state index in [9.17, 15) is 26.3 Å². The van der Waals surface area contributed by atoms with Gasteiger partial charge in [-0.15, -0.1) is 23.1 Å². The van der Waals surface area contributed by atoms with Gasteiger partial charge in [-0.05, 0) is 42.5 Å². The average Bonchev–Trinajstić information content (AvgIpc) is 3.39. The molecule has 2 aliphatic rings. The third-order valence-corrected chi connectivity index (χ3v) is 7.80. The van der Waals surface area contributed by atoms with Crippen LogP contribution in [-0.2, 0) is 27.5 Å². The first kappa shape index (κ1) is 30.9. The van der Waals surface area contributed by atoms with Crippen LogP contribution in [0.1, 0.15) is 22.6 Å². The molecule has 1 spiro atoms. The molecule has 4 heterocycles. The van der Waals surface area contributed by atoms with Crippen molar-refractivity contribution in [3.8, 4) is 0 Å². The van der Waals surface area contributed by atoms with Gasteiger partial charge < -0.3 is 14.9 Å². The van der Waals surface area contributed by atoms with Crippen LogP contribution in [0.25, 0.3) is 0 Å². The minimum atomic E-state index is -5.08. The van der Waals surface area contributed by atoms with Gasteiger partial charge in [-0.3, -0.25) is 9.88 Å². The zero-order valence-corrected chi connectivity index (χ0v) is 21.0. The van der Waals surface area contributed by atoms with Crippen molar-refractivity contribution >= 4 is 35.0 Å². The van der Waals surface area contributed by atoms with Crippen molar-refractivity contribution in [2.75, 3.05) is 18.8 Å². The Morgan fingerprint density at radius 2 is 1.70 bits per heavy atom. The van der Waals surface area contributed by atoms with E-state index in [1.807, 2.05) is 35.7 Å². The number of halogens is 6. The molecular formula is C22H24F6N2O5S2. The molecule has 206 valence electrons. The summed E-state index contributed by atoms with van der Waals surface area (Å²) in [7, 11) is 0. The van der Waals surface area contributed by atoms with E-state index in [2.05, 4.69) is 40.0 Å². The summed E-state index contributed by atoms with van der Waals surface area (Å²) >= 11 is 4.00. The normalized spacial score (nSPS) is 18.7. The first-order chi connectivity index (χ1) is 17.1. The summed E-state index contributed by atoms with van der Waals surface area (Å²) in [6.45, 7) is 6.38. The number of alkyl halides is 6. The number of hydrogen-bond acceptors (Lipinski definition) is 7. The molecule has 15 heteroatoms. The number of ether oxygens (including phenoxy) is 1. The fourth-order valence-corrected chi connectivity index (χ4v) is 6.02. The Bertz CT molecular complexity index is 1000. The molecule has 0 radical (unpaired) electrons. The highest BCUT2D eigenvalue weighted by Gasteiger charge is 2.49. The molecule has 0 aliphatic carbocycles. The fourth-order valence-electron chi connectivity index (χ4n) is 3.47. The van der Waals surface area contributed by atoms with Gasteiger partial charge in [0.15, 0.2) is 0 Å². The minimum Gasteiger partial charge on any atom is -0.475 e. The van der Waals surface area contributed by atoms with Crippen LogP contribution in [0.5, 0.6) is 0 Å². The molecular weight excluding hydrogens is 550 g/mol. The summed E-state index contributed by atoms with van der Waals surface area (Å²) in [4.78, 5) is 26.2. The summed E-state index contributed by atoms with van der Waals surface area (Å²) < 4.78 is 70.0. The number of carboxylic acids is 2. The maximum absolute atomic E-state index is 10.6. The van der Waals surface area contributed by atoms with Gasteiger partial charge in [0.1, 0.15) is 0 Å². The number of carbonyl (C=O) groups is 2. The average molecular weight is 575 g/mol. The summed E-state index contributed by atoms with van der Waals surface area (Å²) in [5, 5.41) is 16.5. The highest BCUT2D eigenvalue weighted by atomic mass is 32.2. The third-order valence-electron chi connectivity index (χ3n) is 5.21. The zero-order chi connectivity index (χ0) is 27.9. The van der Waals surface area contributed by atoms with Crippen molar-refractivity contribution < 1.29 is 50.9 Å². The smallest absolute Gasteiger partial charge is 0.475 e. The molecule has 1 atom stereocenters. The van der Waals surface area contributed by atoms with Crippen LogP contribution >= 0.6 is 23.1 Å². The number of likely N-dealkylation sites (tertiary alicyclic amines) is 1. The third kappa shape index (κ3) is 10.1. The number of thiophene rings is 1. The number of nitrogens with zero attached hydrogens (tertiary/aromatic N) is 2. The minimum absolute atomic E-state index is 0.382. The van der Waals surface area contributed by atoms with Crippen LogP contribution < -0.4 is 0 Å². The van der Waals surface area contributed by atoms with E-state index in [-0.39, 0.29) is 0 Å². The maximum Gasteiger partial charge on any atom is 0.490 e. The van der Waals surface area contributed by atoms with Crippen LogP contribution in [0.2, 0.25) is 0 Å². The molecule has 0 amide bonds. The predicted molar refractivity (Wildman–Crippen MR) is 124 cm³/mol. The second-order valence-electron chi connectivity index (χ2n) is 8.23. The van der Waals surface area contributed by atoms with Gasteiger partial charge in [0.2, 0.25) is 0 Å². The van der Waals surface area contributed by atoms with E-state index in [0.29, 0.717) is 17.5 Å². The first-order valence-corrected chi connectivity index (χ1v) is 12.5. The van der Waals surface area contributed by atoms with Crippen LogP contribution in [0.3, 0.4) is 0 Å². The van der Waals surface area contributed by atoms with Gasteiger partial charge in [-0.1, -0.05) is 6.07 Å². The van der Waals surface area contributed by atoms with Gasteiger partial charge in [-0.25, -0.2) is 9.59 Å². The quantitative estimate of drug-likeness (QED) is 0.482. The molecule has 4 rings (SSSR count). The lowest BCUT2D eigenvalue weighted by Crippen LogP contribution is -2.58.